The van der Waals surface area contributed by atoms with Crippen LogP contribution in [-0.4, -0.2) is 0 Å². The van der Waals surface area contributed by atoms with Crippen molar-refractivity contribution in [3.05, 3.63) is 224 Å². The first kappa shape index (κ1) is 33.6. The van der Waals surface area contributed by atoms with Gasteiger partial charge >= 0.3 is 0 Å². The average molecular weight is 732 g/mol. The van der Waals surface area contributed by atoms with Gasteiger partial charge in [-0.1, -0.05) is 182 Å². The van der Waals surface area contributed by atoms with E-state index < -0.39 is 0 Å². The maximum absolute atomic E-state index is 2.43. The van der Waals surface area contributed by atoms with Crippen LogP contribution in [0.2, 0.25) is 0 Å². The Bertz CT molecular complexity index is 2930. The van der Waals surface area contributed by atoms with Crippen molar-refractivity contribution >= 4 is 48.6 Å². The Morgan fingerprint density at radius 2 is 0.750 bits per heavy atom. The summed E-state index contributed by atoms with van der Waals surface area (Å²) in [7, 11) is 0. The van der Waals surface area contributed by atoms with Gasteiger partial charge in [-0.3, -0.25) is 0 Å². The van der Waals surface area contributed by atoms with E-state index in [-0.39, 0.29) is 0 Å². The smallest absolute Gasteiger partial charge is 0.0546 e. The molecule has 0 radical (unpaired) electrons. The van der Waals surface area contributed by atoms with Crippen molar-refractivity contribution in [3.63, 3.8) is 0 Å². The highest BCUT2D eigenvalue weighted by atomic mass is 32.1. The van der Waals surface area contributed by atoms with Gasteiger partial charge in [0.05, 0.1) is 5.69 Å². The van der Waals surface area contributed by atoms with Crippen LogP contribution in [0.5, 0.6) is 0 Å². The largest absolute Gasteiger partial charge is 0.310 e. The van der Waals surface area contributed by atoms with E-state index in [2.05, 4.69) is 229 Å². The number of fused-ring (bicyclic) bond motifs is 3. The van der Waals surface area contributed by atoms with E-state index >= 15 is 0 Å². The molecule has 0 aliphatic carbocycles. The minimum atomic E-state index is 1.09. The predicted octanol–water partition coefficient (Wildman–Crippen LogP) is 15.9. The molecule has 56 heavy (non-hydrogen) atoms. The first-order chi connectivity index (χ1) is 27.8. The van der Waals surface area contributed by atoms with Crippen molar-refractivity contribution in [1.29, 1.82) is 0 Å². The molecule has 0 N–H and O–H groups in total. The molecule has 1 aromatic heterocycles. The summed E-state index contributed by atoms with van der Waals surface area (Å²) < 4.78 is 2.64. The molecule has 0 aliphatic rings. The summed E-state index contributed by atoms with van der Waals surface area (Å²) in [5.74, 6) is 0. The molecule has 0 amide bonds. The molecule has 0 aliphatic heterocycles. The zero-order chi connectivity index (χ0) is 37.3. The molecule has 0 bridgehead atoms. The van der Waals surface area contributed by atoms with Gasteiger partial charge in [0.1, 0.15) is 0 Å². The summed E-state index contributed by atoms with van der Waals surface area (Å²) in [6, 6.07) is 81.4. The summed E-state index contributed by atoms with van der Waals surface area (Å²) in [5.41, 5.74) is 15.2. The Kier molecular flexibility index (Phi) is 8.79. The Morgan fingerprint density at radius 3 is 1.41 bits per heavy atom. The van der Waals surface area contributed by atoms with Crippen LogP contribution in [0.4, 0.5) is 17.1 Å². The lowest BCUT2D eigenvalue weighted by Gasteiger charge is -2.30. The molecule has 1 nitrogen and oxygen atoms in total. The minimum absolute atomic E-state index is 1.09. The molecule has 0 saturated heterocycles. The Morgan fingerprint density at radius 1 is 0.286 bits per heavy atom. The molecule has 0 atom stereocenters. The highest BCUT2D eigenvalue weighted by molar-refractivity contribution is 7.25. The number of nitrogens with zero attached hydrogens (tertiary/aromatic N) is 1. The average Bonchev–Trinajstić information content (AvgIpc) is 3.66. The molecule has 0 spiro atoms. The SMILES string of the molecule is c1ccc(-c2ccc(N(c3ccc(-c4ccc5c(c4)sc4ccccc45)cc3)c3cccc(-c4ccccc4)c3-c3ccccc3-c3ccccc3)cc2)cc1. The van der Waals surface area contributed by atoms with Crippen LogP contribution < -0.4 is 4.90 Å². The summed E-state index contributed by atoms with van der Waals surface area (Å²) >= 11 is 1.86. The third kappa shape index (κ3) is 6.26. The molecular formula is C54H37NS. The lowest BCUT2D eigenvalue weighted by Crippen LogP contribution is -2.12. The Labute approximate surface area is 332 Å². The first-order valence-electron chi connectivity index (χ1n) is 19.1. The monoisotopic (exact) mass is 731 g/mol. The van der Waals surface area contributed by atoms with Crippen molar-refractivity contribution in [2.75, 3.05) is 4.90 Å². The van der Waals surface area contributed by atoms with Crippen molar-refractivity contribution in [3.8, 4) is 55.6 Å². The van der Waals surface area contributed by atoms with Crippen LogP contribution >= 0.6 is 11.3 Å². The molecule has 9 aromatic carbocycles. The fraction of sp³-hybridized carbons (Fsp3) is 0. The first-order valence-corrected chi connectivity index (χ1v) is 19.9. The van der Waals surface area contributed by atoms with E-state index in [0.717, 1.165) is 17.1 Å². The maximum Gasteiger partial charge on any atom is 0.0546 e. The van der Waals surface area contributed by atoms with Crippen LogP contribution in [-0.2, 0) is 0 Å². The minimum Gasteiger partial charge on any atom is -0.310 e. The lowest BCUT2D eigenvalue weighted by molar-refractivity contribution is 1.28. The van der Waals surface area contributed by atoms with Crippen molar-refractivity contribution in [2.24, 2.45) is 0 Å². The second kappa shape index (κ2) is 14.7. The maximum atomic E-state index is 2.43. The number of benzene rings is 9. The van der Waals surface area contributed by atoms with E-state index in [1.165, 1.54) is 75.8 Å². The zero-order valence-corrected chi connectivity index (χ0v) is 31.5. The van der Waals surface area contributed by atoms with Gasteiger partial charge < -0.3 is 4.90 Å². The third-order valence-electron chi connectivity index (χ3n) is 10.7. The summed E-state index contributed by atoms with van der Waals surface area (Å²) in [4.78, 5) is 2.43. The molecular weight excluding hydrogens is 695 g/mol. The van der Waals surface area contributed by atoms with Crippen LogP contribution in [0.15, 0.2) is 224 Å². The van der Waals surface area contributed by atoms with Gasteiger partial charge in [0.2, 0.25) is 0 Å². The fourth-order valence-corrected chi connectivity index (χ4v) is 9.15. The summed E-state index contributed by atoms with van der Waals surface area (Å²) in [6.45, 7) is 0. The van der Waals surface area contributed by atoms with Gasteiger partial charge in [-0.25, -0.2) is 0 Å². The van der Waals surface area contributed by atoms with Crippen LogP contribution in [0.3, 0.4) is 0 Å². The fourth-order valence-electron chi connectivity index (χ4n) is 8.01. The summed E-state index contributed by atoms with van der Waals surface area (Å²) in [5, 5.41) is 2.64. The second-order valence-electron chi connectivity index (χ2n) is 14.1. The standard InChI is InChI=1S/C54H37NS/c1-4-15-38(16-5-1)39-27-32-44(33-28-39)55(45-34-29-40(30-35-45)43-31-36-49-48-22-12-13-26-52(48)56-53(49)37-43)51-25-14-24-47(42-19-8-3-9-20-42)54(51)50-23-11-10-21-46(50)41-17-6-2-7-18-41/h1-37H. The van der Waals surface area contributed by atoms with E-state index in [9.17, 15) is 0 Å². The summed E-state index contributed by atoms with van der Waals surface area (Å²) in [6.07, 6.45) is 0. The topological polar surface area (TPSA) is 3.24 Å². The van der Waals surface area contributed by atoms with Gasteiger partial charge in [-0.15, -0.1) is 11.3 Å². The number of hydrogen-bond donors (Lipinski definition) is 0. The lowest BCUT2D eigenvalue weighted by atomic mass is 9.87. The zero-order valence-electron chi connectivity index (χ0n) is 30.7. The van der Waals surface area contributed by atoms with Crippen LogP contribution in [0.25, 0.3) is 75.8 Å². The molecule has 0 unspecified atom stereocenters. The van der Waals surface area contributed by atoms with Crippen molar-refractivity contribution in [1.82, 2.24) is 0 Å². The van der Waals surface area contributed by atoms with Gasteiger partial charge in [-0.05, 0) is 92.5 Å². The third-order valence-corrected chi connectivity index (χ3v) is 11.9. The highest BCUT2D eigenvalue weighted by Gasteiger charge is 2.23. The number of rotatable bonds is 8. The quantitative estimate of drug-likeness (QED) is 0.150. The van der Waals surface area contributed by atoms with E-state index in [1.807, 2.05) is 11.3 Å². The van der Waals surface area contributed by atoms with Gasteiger partial charge in [0.25, 0.3) is 0 Å². The Hall–Kier alpha value is -7.00. The van der Waals surface area contributed by atoms with Crippen LogP contribution in [0.1, 0.15) is 0 Å². The molecule has 0 fully saturated rings. The molecule has 10 aromatic rings. The molecule has 264 valence electrons. The predicted molar refractivity (Wildman–Crippen MR) is 241 cm³/mol. The molecule has 10 rings (SSSR count). The van der Waals surface area contributed by atoms with Crippen LogP contribution in [0, 0.1) is 0 Å². The molecule has 2 heteroatoms. The number of hydrogen-bond acceptors (Lipinski definition) is 2. The van der Waals surface area contributed by atoms with E-state index in [4.69, 9.17) is 0 Å². The van der Waals surface area contributed by atoms with E-state index in [1.54, 1.807) is 0 Å². The van der Waals surface area contributed by atoms with Gasteiger partial charge in [0.15, 0.2) is 0 Å². The van der Waals surface area contributed by atoms with Gasteiger partial charge in [-0.2, -0.15) is 0 Å². The second-order valence-corrected chi connectivity index (χ2v) is 15.2. The molecule has 0 saturated carbocycles. The van der Waals surface area contributed by atoms with Crippen molar-refractivity contribution < 1.29 is 0 Å². The number of anilines is 3. The van der Waals surface area contributed by atoms with Crippen molar-refractivity contribution in [2.45, 2.75) is 0 Å². The number of thiophene rings is 1. The highest BCUT2D eigenvalue weighted by Crippen LogP contribution is 2.48. The normalized spacial score (nSPS) is 11.2. The van der Waals surface area contributed by atoms with E-state index in [0.29, 0.717) is 0 Å². The van der Waals surface area contributed by atoms with Gasteiger partial charge in [0, 0.05) is 37.1 Å². The Balaban J connectivity index is 1.16. The molecule has 1 heterocycles.